The Morgan fingerprint density at radius 2 is 1.40 bits per heavy atom. The summed E-state index contributed by atoms with van der Waals surface area (Å²) in [5.74, 6) is 1.45. The minimum atomic E-state index is -0.0929. The van der Waals surface area contributed by atoms with E-state index in [9.17, 15) is 5.11 Å². The molecule has 1 rings (SSSR count). The summed E-state index contributed by atoms with van der Waals surface area (Å²) in [5.41, 5.74) is 0.870. The zero-order valence-corrected chi connectivity index (χ0v) is 9.92. The predicted octanol–water partition coefficient (Wildman–Crippen LogP) is 2.71. The van der Waals surface area contributed by atoms with E-state index in [1.54, 1.807) is 26.4 Å². The van der Waals surface area contributed by atoms with Gasteiger partial charge < -0.3 is 14.6 Å². The first-order chi connectivity index (χ1) is 6.90. The molecule has 0 bridgehead atoms. The van der Waals surface area contributed by atoms with Crippen LogP contribution in [0.1, 0.15) is 26.3 Å². The molecule has 15 heavy (non-hydrogen) atoms. The molecule has 1 N–H and O–H groups in total. The maximum atomic E-state index is 9.49. The van der Waals surface area contributed by atoms with E-state index in [1.807, 2.05) is 0 Å². The number of methoxy groups -OCH3 is 2. The fraction of sp³-hybridized carbons (Fsp3) is 0.500. The van der Waals surface area contributed by atoms with Crippen LogP contribution in [0.2, 0.25) is 0 Å². The Morgan fingerprint density at radius 3 is 1.67 bits per heavy atom. The highest BCUT2D eigenvalue weighted by atomic mass is 16.5. The van der Waals surface area contributed by atoms with Crippen LogP contribution in [0.5, 0.6) is 17.2 Å². The third kappa shape index (κ3) is 2.35. The standard InChI is InChI=1S/C12H18O3/c1-12(2,3)11-9(14-4)6-8(13)7-10(11)15-5/h6-7,13H,1-5H3. The molecule has 1 aromatic rings. The van der Waals surface area contributed by atoms with Crippen LogP contribution in [0.3, 0.4) is 0 Å². The van der Waals surface area contributed by atoms with E-state index in [2.05, 4.69) is 20.8 Å². The van der Waals surface area contributed by atoms with Crippen molar-refractivity contribution < 1.29 is 14.6 Å². The smallest absolute Gasteiger partial charge is 0.129 e. The van der Waals surface area contributed by atoms with Crippen LogP contribution in [0, 0.1) is 0 Å². The topological polar surface area (TPSA) is 38.7 Å². The van der Waals surface area contributed by atoms with Crippen LogP contribution in [-0.2, 0) is 5.41 Å². The Bertz CT molecular complexity index is 325. The van der Waals surface area contributed by atoms with E-state index in [0.717, 1.165) is 5.56 Å². The first-order valence-electron chi connectivity index (χ1n) is 4.85. The summed E-state index contributed by atoms with van der Waals surface area (Å²) in [6.45, 7) is 6.22. The number of benzene rings is 1. The molecule has 1 aromatic carbocycles. The highest BCUT2D eigenvalue weighted by Crippen LogP contribution is 2.41. The Balaban J connectivity index is 3.44. The van der Waals surface area contributed by atoms with Gasteiger partial charge in [0.2, 0.25) is 0 Å². The van der Waals surface area contributed by atoms with Gasteiger partial charge in [-0.1, -0.05) is 20.8 Å². The number of hydrogen-bond donors (Lipinski definition) is 1. The summed E-state index contributed by atoms with van der Waals surface area (Å²) in [6, 6.07) is 3.20. The molecule has 0 saturated heterocycles. The Hall–Kier alpha value is -1.38. The summed E-state index contributed by atoms with van der Waals surface area (Å²) in [5, 5.41) is 9.49. The van der Waals surface area contributed by atoms with E-state index in [4.69, 9.17) is 9.47 Å². The van der Waals surface area contributed by atoms with E-state index in [1.165, 1.54) is 0 Å². The molecule has 0 fully saturated rings. The molecule has 0 radical (unpaired) electrons. The van der Waals surface area contributed by atoms with Crippen molar-refractivity contribution in [3.63, 3.8) is 0 Å². The van der Waals surface area contributed by atoms with Crippen LogP contribution >= 0.6 is 0 Å². The third-order valence-electron chi connectivity index (χ3n) is 2.24. The molecule has 0 saturated carbocycles. The number of phenols is 1. The lowest BCUT2D eigenvalue weighted by molar-refractivity contribution is 0.360. The van der Waals surface area contributed by atoms with Gasteiger partial charge in [-0.2, -0.15) is 0 Å². The first-order valence-corrected chi connectivity index (χ1v) is 4.85. The van der Waals surface area contributed by atoms with Crippen LogP contribution in [0.4, 0.5) is 0 Å². The molecule has 84 valence electrons. The summed E-state index contributed by atoms with van der Waals surface area (Å²) in [4.78, 5) is 0. The van der Waals surface area contributed by atoms with Gasteiger partial charge in [-0.25, -0.2) is 0 Å². The first kappa shape index (κ1) is 11.7. The average Bonchev–Trinajstić information content (AvgIpc) is 2.14. The molecule has 3 nitrogen and oxygen atoms in total. The highest BCUT2D eigenvalue weighted by molar-refractivity contribution is 5.53. The summed E-state index contributed by atoms with van der Waals surface area (Å²) < 4.78 is 10.5. The van der Waals surface area contributed by atoms with Gasteiger partial charge in [0.1, 0.15) is 17.2 Å². The molecule has 3 heteroatoms. The van der Waals surface area contributed by atoms with Crippen molar-refractivity contribution in [1.82, 2.24) is 0 Å². The van der Waals surface area contributed by atoms with Crippen molar-refractivity contribution >= 4 is 0 Å². The van der Waals surface area contributed by atoms with Crippen LogP contribution in [0.25, 0.3) is 0 Å². The predicted molar refractivity (Wildman–Crippen MR) is 59.9 cm³/mol. The Labute approximate surface area is 90.6 Å². The number of ether oxygens (including phenoxy) is 2. The lowest BCUT2D eigenvalue weighted by Gasteiger charge is -2.24. The SMILES string of the molecule is COc1cc(O)cc(OC)c1C(C)(C)C. The van der Waals surface area contributed by atoms with E-state index in [-0.39, 0.29) is 11.2 Å². The zero-order chi connectivity index (χ0) is 11.6. The molecular weight excluding hydrogens is 192 g/mol. The van der Waals surface area contributed by atoms with Crippen molar-refractivity contribution in [3.8, 4) is 17.2 Å². The minimum absolute atomic E-state index is 0.0929. The number of rotatable bonds is 2. The van der Waals surface area contributed by atoms with Crippen molar-refractivity contribution in [2.45, 2.75) is 26.2 Å². The van der Waals surface area contributed by atoms with Crippen LogP contribution < -0.4 is 9.47 Å². The minimum Gasteiger partial charge on any atom is -0.508 e. The van der Waals surface area contributed by atoms with Crippen molar-refractivity contribution in [2.75, 3.05) is 14.2 Å². The van der Waals surface area contributed by atoms with E-state index >= 15 is 0 Å². The second-order valence-electron chi connectivity index (χ2n) is 4.48. The molecule has 0 unspecified atom stereocenters. The second-order valence-corrected chi connectivity index (χ2v) is 4.48. The number of hydrogen-bond acceptors (Lipinski definition) is 3. The molecule has 0 aliphatic carbocycles. The van der Waals surface area contributed by atoms with Crippen LogP contribution in [-0.4, -0.2) is 19.3 Å². The van der Waals surface area contributed by atoms with Gasteiger partial charge in [0, 0.05) is 17.7 Å². The van der Waals surface area contributed by atoms with Crippen molar-refractivity contribution in [3.05, 3.63) is 17.7 Å². The maximum absolute atomic E-state index is 9.49. The monoisotopic (exact) mass is 210 g/mol. The van der Waals surface area contributed by atoms with Gasteiger partial charge in [-0.3, -0.25) is 0 Å². The molecule has 0 aliphatic rings. The average molecular weight is 210 g/mol. The fourth-order valence-corrected chi connectivity index (χ4v) is 1.64. The molecule has 0 spiro atoms. The lowest BCUT2D eigenvalue weighted by atomic mass is 9.85. The van der Waals surface area contributed by atoms with Gasteiger partial charge in [-0.15, -0.1) is 0 Å². The molecule has 0 aliphatic heterocycles. The van der Waals surface area contributed by atoms with E-state index in [0.29, 0.717) is 11.5 Å². The number of phenolic OH excluding ortho intramolecular Hbond substituents is 1. The van der Waals surface area contributed by atoms with E-state index < -0.39 is 0 Å². The quantitative estimate of drug-likeness (QED) is 0.815. The summed E-state index contributed by atoms with van der Waals surface area (Å²) in [6.07, 6.45) is 0. The van der Waals surface area contributed by atoms with Gasteiger partial charge in [-0.05, 0) is 5.41 Å². The second kappa shape index (κ2) is 4.01. The van der Waals surface area contributed by atoms with Gasteiger partial charge in [0.05, 0.1) is 14.2 Å². The molecule has 0 heterocycles. The normalized spacial score (nSPS) is 11.3. The maximum Gasteiger partial charge on any atom is 0.129 e. The Morgan fingerprint density at radius 1 is 1.00 bits per heavy atom. The summed E-state index contributed by atoms with van der Waals surface area (Å²) >= 11 is 0. The lowest BCUT2D eigenvalue weighted by Crippen LogP contribution is -2.14. The largest absolute Gasteiger partial charge is 0.508 e. The highest BCUT2D eigenvalue weighted by Gasteiger charge is 2.24. The molecule has 0 atom stereocenters. The van der Waals surface area contributed by atoms with Gasteiger partial charge >= 0.3 is 0 Å². The van der Waals surface area contributed by atoms with Crippen LogP contribution in [0.15, 0.2) is 12.1 Å². The van der Waals surface area contributed by atoms with Crippen molar-refractivity contribution in [1.29, 1.82) is 0 Å². The fourth-order valence-electron chi connectivity index (χ4n) is 1.64. The zero-order valence-electron chi connectivity index (χ0n) is 9.92. The van der Waals surface area contributed by atoms with Crippen molar-refractivity contribution in [2.24, 2.45) is 0 Å². The van der Waals surface area contributed by atoms with Gasteiger partial charge in [0.15, 0.2) is 0 Å². The Kier molecular flexibility index (Phi) is 3.12. The third-order valence-corrected chi connectivity index (χ3v) is 2.24. The number of aromatic hydroxyl groups is 1. The molecule has 0 aromatic heterocycles. The van der Waals surface area contributed by atoms with Gasteiger partial charge in [0.25, 0.3) is 0 Å². The molecular formula is C12H18O3. The molecule has 0 amide bonds. The summed E-state index contributed by atoms with van der Waals surface area (Å²) in [7, 11) is 3.17.